The van der Waals surface area contributed by atoms with Crippen molar-refractivity contribution in [2.24, 2.45) is 11.8 Å². The summed E-state index contributed by atoms with van der Waals surface area (Å²) in [4.78, 5) is 25.5. The predicted octanol–water partition coefficient (Wildman–Crippen LogP) is 4.58. The highest BCUT2D eigenvalue weighted by atomic mass is 19.4. The Morgan fingerprint density at radius 2 is 1.69 bits per heavy atom. The van der Waals surface area contributed by atoms with E-state index in [2.05, 4.69) is 20.9 Å². The first-order valence-corrected chi connectivity index (χ1v) is 11.9. The molecule has 2 amide bonds. The number of piperidine rings is 1. The van der Waals surface area contributed by atoms with Crippen molar-refractivity contribution in [2.75, 3.05) is 29.9 Å². The molecular formula is C26H31F3N4O2. The number of alkyl halides is 3. The number of nitrogens with one attached hydrogen (secondary N) is 3. The van der Waals surface area contributed by atoms with E-state index in [0.29, 0.717) is 26.2 Å². The average molecular weight is 489 g/mol. The monoisotopic (exact) mass is 488 g/mol. The SMILES string of the molecule is Cc1cc(Nc2ccc(CNC(=O)C3CNC(=O)C3)cc2)cc(C)c1N1CCC(C(F)(F)F)CC1. The average Bonchev–Trinajstić information content (AvgIpc) is 3.24. The number of carbonyl (C=O) groups is 2. The summed E-state index contributed by atoms with van der Waals surface area (Å²) in [6.07, 6.45) is -3.62. The minimum absolute atomic E-state index is 0.0925. The van der Waals surface area contributed by atoms with Crippen LogP contribution in [0.4, 0.5) is 30.2 Å². The Bertz CT molecular complexity index is 1050. The van der Waals surface area contributed by atoms with E-state index in [9.17, 15) is 22.8 Å². The largest absolute Gasteiger partial charge is 0.391 e. The van der Waals surface area contributed by atoms with E-state index in [1.165, 1.54) is 0 Å². The van der Waals surface area contributed by atoms with Gasteiger partial charge in [-0.05, 0) is 67.6 Å². The third-order valence-corrected chi connectivity index (χ3v) is 6.82. The van der Waals surface area contributed by atoms with Crippen LogP contribution in [0.3, 0.4) is 0 Å². The molecule has 1 unspecified atom stereocenters. The number of amides is 2. The molecule has 0 aromatic heterocycles. The summed E-state index contributed by atoms with van der Waals surface area (Å²) in [7, 11) is 0. The molecule has 0 radical (unpaired) electrons. The number of nitrogens with zero attached hydrogens (tertiary/aromatic N) is 1. The van der Waals surface area contributed by atoms with Crippen molar-refractivity contribution in [1.82, 2.24) is 10.6 Å². The lowest BCUT2D eigenvalue weighted by atomic mass is 9.94. The van der Waals surface area contributed by atoms with Crippen molar-refractivity contribution in [3.8, 4) is 0 Å². The number of rotatable bonds is 6. The van der Waals surface area contributed by atoms with Crippen LogP contribution >= 0.6 is 0 Å². The van der Waals surface area contributed by atoms with E-state index in [-0.39, 0.29) is 37.0 Å². The smallest absolute Gasteiger partial charge is 0.371 e. The first-order valence-electron chi connectivity index (χ1n) is 11.9. The molecule has 2 aliphatic rings. The maximum absolute atomic E-state index is 13.0. The third-order valence-electron chi connectivity index (χ3n) is 6.82. The number of anilines is 3. The summed E-state index contributed by atoms with van der Waals surface area (Å²) in [6, 6.07) is 11.8. The molecule has 4 rings (SSSR count). The topological polar surface area (TPSA) is 73.5 Å². The third kappa shape index (κ3) is 6.07. The molecule has 3 N–H and O–H groups in total. The van der Waals surface area contributed by atoms with Gasteiger partial charge in [-0.3, -0.25) is 9.59 Å². The van der Waals surface area contributed by atoms with Crippen molar-refractivity contribution in [3.63, 3.8) is 0 Å². The Kier molecular flexibility index (Phi) is 7.23. The van der Waals surface area contributed by atoms with E-state index >= 15 is 0 Å². The van der Waals surface area contributed by atoms with E-state index in [1.807, 2.05) is 50.2 Å². The molecule has 0 bridgehead atoms. The molecule has 2 heterocycles. The highest BCUT2D eigenvalue weighted by Gasteiger charge is 2.41. The number of carbonyl (C=O) groups excluding carboxylic acids is 2. The summed E-state index contributed by atoms with van der Waals surface area (Å²) in [6.45, 7) is 5.57. The number of aryl methyl sites for hydroxylation is 2. The minimum Gasteiger partial charge on any atom is -0.371 e. The predicted molar refractivity (Wildman–Crippen MR) is 130 cm³/mol. The molecule has 9 heteroatoms. The van der Waals surface area contributed by atoms with Crippen LogP contribution in [0, 0.1) is 25.7 Å². The standard InChI is InChI=1S/C26H31F3N4O2/c1-16-11-22(12-17(2)24(16)33-9-7-20(8-10-33)26(27,28)29)32-21-5-3-18(4-6-21)14-31-25(35)19-13-23(34)30-15-19/h3-6,11-12,19-20,32H,7-10,13-15H2,1-2H3,(H,30,34)(H,31,35). The first-order chi connectivity index (χ1) is 16.6. The van der Waals surface area contributed by atoms with Gasteiger partial charge >= 0.3 is 6.18 Å². The van der Waals surface area contributed by atoms with Crippen LogP contribution in [0.5, 0.6) is 0 Å². The lowest BCUT2D eigenvalue weighted by Gasteiger charge is -2.36. The molecule has 6 nitrogen and oxygen atoms in total. The van der Waals surface area contributed by atoms with Crippen LogP contribution in [-0.2, 0) is 16.1 Å². The quantitative estimate of drug-likeness (QED) is 0.557. The van der Waals surface area contributed by atoms with Crippen molar-refractivity contribution in [1.29, 1.82) is 0 Å². The van der Waals surface area contributed by atoms with Crippen molar-refractivity contribution >= 4 is 28.9 Å². The molecule has 2 saturated heterocycles. The van der Waals surface area contributed by atoms with Gasteiger partial charge in [0, 0.05) is 49.7 Å². The van der Waals surface area contributed by atoms with Gasteiger partial charge in [0.15, 0.2) is 0 Å². The van der Waals surface area contributed by atoms with Gasteiger partial charge in [-0.1, -0.05) is 12.1 Å². The van der Waals surface area contributed by atoms with Crippen molar-refractivity contribution < 1.29 is 22.8 Å². The Morgan fingerprint density at radius 3 is 2.23 bits per heavy atom. The van der Waals surface area contributed by atoms with Gasteiger partial charge in [-0.2, -0.15) is 13.2 Å². The van der Waals surface area contributed by atoms with Crippen LogP contribution in [-0.4, -0.2) is 37.6 Å². The fraction of sp³-hybridized carbons (Fsp3) is 0.462. The van der Waals surface area contributed by atoms with Crippen molar-refractivity contribution in [2.45, 2.75) is 45.8 Å². The maximum Gasteiger partial charge on any atom is 0.391 e. The van der Waals surface area contributed by atoms with Gasteiger partial charge in [0.1, 0.15) is 0 Å². The zero-order chi connectivity index (χ0) is 25.2. The number of halogens is 3. The molecule has 2 fully saturated rings. The van der Waals surface area contributed by atoms with Crippen LogP contribution in [0.1, 0.15) is 36.0 Å². The van der Waals surface area contributed by atoms with Gasteiger partial charge in [0.25, 0.3) is 0 Å². The molecule has 188 valence electrons. The molecule has 0 aliphatic carbocycles. The number of hydrogen-bond acceptors (Lipinski definition) is 4. The summed E-state index contributed by atoms with van der Waals surface area (Å²) in [5, 5.41) is 8.92. The molecule has 0 saturated carbocycles. The normalized spacial score (nSPS) is 18.9. The van der Waals surface area contributed by atoms with Crippen molar-refractivity contribution in [3.05, 3.63) is 53.1 Å². The Labute approximate surface area is 203 Å². The molecule has 0 spiro atoms. The first kappa shape index (κ1) is 24.9. The summed E-state index contributed by atoms with van der Waals surface area (Å²) >= 11 is 0. The van der Waals surface area contributed by atoms with Crippen LogP contribution in [0.25, 0.3) is 0 Å². The Morgan fingerprint density at radius 1 is 1.06 bits per heavy atom. The fourth-order valence-corrected chi connectivity index (χ4v) is 4.95. The zero-order valence-corrected chi connectivity index (χ0v) is 20.0. The molecule has 2 aliphatic heterocycles. The van der Waals surface area contributed by atoms with E-state index in [0.717, 1.165) is 33.8 Å². The Balaban J connectivity index is 1.34. The molecule has 35 heavy (non-hydrogen) atoms. The number of benzene rings is 2. The molecule has 1 atom stereocenters. The minimum atomic E-state index is -4.11. The van der Waals surface area contributed by atoms with Crippen LogP contribution in [0.2, 0.25) is 0 Å². The van der Waals surface area contributed by atoms with Gasteiger partial charge in [0.05, 0.1) is 11.8 Å². The van der Waals surface area contributed by atoms with Crippen LogP contribution < -0.4 is 20.9 Å². The molecular weight excluding hydrogens is 457 g/mol. The van der Waals surface area contributed by atoms with E-state index in [1.54, 1.807) is 0 Å². The lowest BCUT2D eigenvalue weighted by molar-refractivity contribution is -0.179. The fourth-order valence-electron chi connectivity index (χ4n) is 4.95. The van der Waals surface area contributed by atoms with Gasteiger partial charge in [-0.15, -0.1) is 0 Å². The van der Waals surface area contributed by atoms with Gasteiger partial charge in [-0.25, -0.2) is 0 Å². The highest BCUT2D eigenvalue weighted by molar-refractivity contribution is 5.89. The van der Waals surface area contributed by atoms with E-state index in [4.69, 9.17) is 0 Å². The lowest BCUT2D eigenvalue weighted by Crippen LogP contribution is -2.39. The summed E-state index contributed by atoms with van der Waals surface area (Å²) in [5.74, 6) is -1.74. The molecule has 2 aromatic rings. The number of hydrogen-bond donors (Lipinski definition) is 3. The highest BCUT2D eigenvalue weighted by Crippen LogP contribution is 2.37. The molecule has 2 aromatic carbocycles. The second kappa shape index (κ2) is 10.2. The Hall–Kier alpha value is -3.23. The van der Waals surface area contributed by atoms with Gasteiger partial charge in [0.2, 0.25) is 11.8 Å². The summed E-state index contributed by atoms with van der Waals surface area (Å²) in [5.41, 5.74) is 5.82. The zero-order valence-electron chi connectivity index (χ0n) is 20.0. The van der Waals surface area contributed by atoms with Gasteiger partial charge < -0.3 is 20.9 Å². The second-order valence-corrected chi connectivity index (χ2v) is 9.51. The van der Waals surface area contributed by atoms with E-state index < -0.39 is 12.1 Å². The maximum atomic E-state index is 13.0. The summed E-state index contributed by atoms with van der Waals surface area (Å²) < 4.78 is 39.0. The van der Waals surface area contributed by atoms with Crippen LogP contribution in [0.15, 0.2) is 36.4 Å². The second-order valence-electron chi connectivity index (χ2n) is 9.51.